The Bertz CT molecular complexity index is 1320. The maximum Gasteiger partial charge on any atom is 0.338 e. The Morgan fingerprint density at radius 3 is 2.25 bits per heavy atom. The first-order valence-corrected chi connectivity index (χ1v) is 12.6. The van der Waals surface area contributed by atoms with E-state index in [-0.39, 0.29) is 58.3 Å². The number of hydrogen-bond donors (Lipinski definition) is 4. The Kier molecular flexibility index (Phi) is 10.5. The Labute approximate surface area is 230 Å². The number of carboxylic acids is 2. The molecule has 0 fully saturated rings. The topological polar surface area (TPSA) is 181 Å². The smallest absolute Gasteiger partial charge is 0.338 e. The minimum Gasteiger partial charge on any atom is -0.493 e. The van der Waals surface area contributed by atoms with Crippen LogP contribution in [0, 0.1) is 24.0 Å². The Hall–Kier alpha value is -4.55. The zero-order valence-corrected chi connectivity index (χ0v) is 22.1. The van der Waals surface area contributed by atoms with Crippen LogP contribution in [-0.4, -0.2) is 69.6 Å². The van der Waals surface area contributed by atoms with E-state index in [1.165, 1.54) is 26.0 Å². The van der Waals surface area contributed by atoms with Crippen molar-refractivity contribution in [2.45, 2.75) is 32.8 Å². The van der Waals surface area contributed by atoms with Crippen molar-refractivity contribution >= 4 is 17.6 Å². The summed E-state index contributed by atoms with van der Waals surface area (Å²) in [4.78, 5) is 39.1. The van der Waals surface area contributed by atoms with Crippen molar-refractivity contribution in [1.29, 1.82) is 0 Å². The molecule has 0 aliphatic rings. The number of non-ortho nitro benzene ring substituents is 1. The van der Waals surface area contributed by atoms with Crippen LogP contribution in [0.2, 0.25) is 0 Å². The third-order valence-corrected chi connectivity index (χ3v) is 6.00. The van der Waals surface area contributed by atoms with Crippen molar-refractivity contribution in [3.05, 3.63) is 81.2 Å². The molecule has 0 saturated heterocycles. The Balaban J connectivity index is 1.67. The van der Waals surface area contributed by atoms with Gasteiger partial charge < -0.3 is 30.1 Å². The van der Waals surface area contributed by atoms with Gasteiger partial charge in [0.15, 0.2) is 0 Å². The normalized spacial score (nSPS) is 11.6. The van der Waals surface area contributed by atoms with Gasteiger partial charge in [-0.3, -0.25) is 15.1 Å². The number of carboxylic acid groups (broad SMARTS) is 2. The van der Waals surface area contributed by atoms with E-state index in [4.69, 9.17) is 9.47 Å². The van der Waals surface area contributed by atoms with Crippen LogP contribution in [0.3, 0.4) is 0 Å². The summed E-state index contributed by atoms with van der Waals surface area (Å²) in [5.41, 5.74) is -1.15. The van der Waals surface area contributed by atoms with Crippen molar-refractivity contribution in [2.75, 3.05) is 26.3 Å². The van der Waals surface area contributed by atoms with Crippen molar-refractivity contribution in [3.63, 3.8) is 0 Å². The summed E-state index contributed by atoms with van der Waals surface area (Å²) in [6.45, 7) is 4.10. The number of benzene rings is 2. The number of nitro groups is 1. The lowest BCUT2D eigenvalue weighted by molar-refractivity contribution is -0.384. The molecule has 0 amide bonds. The largest absolute Gasteiger partial charge is 0.493 e. The molecule has 3 aromatic rings. The first kappa shape index (κ1) is 30.0. The summed E-state index contributed by atoms with van der Waals surface area (Å²) in [5.74, 6) is -2.04. The fraction of sp³-hybridized carbons (Fsp3) is 0.321. The number of aryl methyl sites for hydroxylation is 2. The van der Waals surface area contributed by atoms with Crippen LogP contribution >= 0.6 is 0 Å². The van der Waals surface area contributed by atoms with Gasteiger partial charge in [0.05, 0.1) is 34.0 Å². The number of nitrogens with one attached hydrogen (secondary N) is 1. The molecule has 4 N–H and O–H groups in total. The molecular weight excluding hydrogens is 522 g/mol. The highest BCUT2D eigenvalue weighted by atomic mass is 16.6. The molecule has 12 heteroatoms. The molecule has 1 atom stereocenters. The fourth-order valence-corrected chi connectivity index (χ4v) is 4.17. The second-order valence-electron chi connectivity index (χ2n) is 8.99. The standard InChI is InChI=1S/C28H31N3O9/c1-17-24(27(33)34)26(25(28(35)36)18(2)30-17)22-14-19(31(37)38)10-11-23(22)39-13-7-6-12-29-15-20(32)16-40-21-8-4-3-5-9-21/h3-5,8-11,14,20,29,32H,6-7,12-13,15-16H2,1-2H3,(H,33,34)(H,35,36)/t20-/m0/s1. The summed E-state index contributed by atoms with van der Waals surface area (Å²) in [7, 11) is 0. The number of aromatic nitrogens is 1. The van der Waals surface area contributed by atoms with Gasteiger partial charge in [0.25, 0.3) is 5.69 Å². The predicted octanol–water partition coefficient (Wildman–Crippen LogP) is 3.86. The van der Waals surface area contributed by atoms with E-state index >= 15 is 0 Å². The molecule has 0 spiro atoms. The van der Waals surface area contributed by atoms with Gasteiger partial charge in [0, 0.05) is 29.8 Å². The summed E-state index contributed by atoms with van der Waals surface area (Å²) in [6, 6.07) is 12.8. The molecule has 1 heterocycles. The molecular formula is C28H31N3O9. The number of aromatic carboxylic acids is 2. The highest BCUT2D eigenvalue weighted by Gasteiger charge is 2.29. The summed E-state index contributed by atoms with van der Waals surface area (Å²) in [6.07, 6.45) is 0.535. The molecule has 12 nitrogen and oxygen atoms in total. The van der Waals surface area contributed by atoms with E-state index in [1.54, 1.807) is 12.1 Å². The van der Waals surface area contributed by atoms with Crippen LogP contribution in [0.15, 0.2) is 48.5 Å². The lowest BCUT2D eigenvalue weighted by Crippen LogP contribution is -2.32. The minimum absolute atomic E-state index is 0.0164. The molecule has 0 saturated carbocycles. The van der Waals surface area contributed by atoms with Gasteiger partial charge in [-0.15, -0.1) is 0 Å². The quantitative estimate of drug-likeness (QED) is 0.122. The number of para-hydroxylation sites is 1. The van der Waals surface area contributed by atoms with E-state index in [0.717, 1.165) is 6.07 Å². The molecule has 1 aromatic heterocycles. The van der Waals surface area contributed by atoms with Crippen molar-refractivity contribution in [3.8, 4) is 22.6 Å². The van der Waals surface area contributed by atoms with Gasteiger partial charge in [-0.1, -0.05) is 18.2 Å². The summed E-state index contributed by atoms with van der Waals surface area (Å²) < 4.78 is 11.4. The van der Waals surface area contributed by atoms with Crippen LogP contribution in [-0.2, 0) is 0 Å². The van der Waals surface area contributed by atoms with Crippen LogP contribution in [0.5, 0.6) is 11.5 Å². The van der Waals surface area contributed by atoms with E-state index in [9.17, 15) is 35.0 Å². The number of pyridine rings is 1. The fourth-order valence-electron chi connectivity index (χ4n) is 4.17. The highest BCUT2D eigenvalue weighted by molar-refractivity contribution is 6.07. The average Bonchev–Trinajstić information content (AvgIpc) is 2.91. The second kappa shape index (κ2) is 14.0. The lowest BCUT2D eigenvalue weighted by atomic mass is 9.91. The van der Waals surface area contributed by atoms with Gasteiger partial charge in [0.1, 0.15) is 24.2 Å². The van der Waals surface area contributed by atoms with Gasteiger partial charge in [-0.25, -0.2) is 9.59 Å². The molecule has 2 aromatic carbocycles. The van der Waals surface area contributed by atoms with Crippen molar-refractivity contribution in [2.24, 2.45) is 0 Å². The molecule has 0 bridgehead atoms. The van der Waals surface area contributed by atoms with Crippen LogP contribution in [0.1, 0.15) is 44.9 Å². The van der Waals surface area contributed by atoms with Gasteiger partial charge in [-0.2, -0.15) is 0 Å². The zero-order valence-electron chi connectivity index (χ0n) is 22.1. The number of nitrogens with zero attached hydrogens (tertiary/aromatic N) is 2. The molecule has 0 aliphatic heterocycles. The third-order valence-electron chi connectivity index (χ3n) is 6.00. The lowest BCUT2D eigenvalue weighted by Gasteiger charge is -2.18. The van der Waals surface area contributed by atoms with Crippen LogP contribution < -0.4 is 14.8 Å². The van der Waals surface area contributed by atoms with E-state index in [1.807, 2.05) is 18.2 Å². The zero-order chi connectivity index (χ0) is 29.2. The third kappa shape index (κ3) is 7.74. The van der Waals surface area contributed by atoms with Crippen LogP contribution in [0.4, 0.5) is 5.69 Å². The summed E-state index contributed by atoms with van der Waals surface area (Å²) in [5, 5.41) is 44.4. The Morgan fingerprint density at radius 2 is 1.65 bits per heavy atom. The number of hydrogen-bond acceptors (Lipinski definition) is 9. The number of ether oxygens (including phenoxy) is 2. The van der Waals surface area contributed by atoms with Gasteiger partial charge >= 0.3 is 11.9 Å². The monoisotopic (exact) mass is 553 g/mol. The number of nitro benzene ring substituents is 1. The molecule has 0 unspecified atom stereocenters. The first-order valence-electron chi connectivity index (χ1n) is 12.6. The molecule has 212 valence electrons. The second-order valence-corrected chi connectivity index (χ2v) is 8.99. The maximum atomic E-state index is 12.1. The number of carbonyl (C=O) groups is 2. The Morgan fingerprint density at radius 1 is 1.00 bits per heavy atom. The maximum absolute atomic E-state index is 12.1. The molecule has 3 rings (SSSR count). The number of unbranched alkanes of at least 4 members (excludes halogenated alkanes) is 1. The van der Waals surface area contributed by atoms with E-state index < -0.39 is 23.0 Å². The number of aliphatic hydroxyl groups is 1. The number of rotatable bonds is 15. The minimum atomic E-state index is -1.41. The van der Waals surface area contributed by atoms with E-state index in [0.29, 0.717) is 31.7 Å². The highest BCUT2D eigenvalue weighted by Crippen LogP contribution is 2.39. The van der Waals surface area contributed by atoms with Gasteiger partial charge in [0.2, 0.25) is 0 Å². The average molecular weight is 554 g/mol. The first-order chi connectivity index (χ1) is 19.1. The summed E-state index contributed by atoms with van der Waals surface area (Å²) >= 11 is 0. The molecule has 0 radical (unpaired) electrons. The van der Waals surface area contributed by atoms with Crippen molar-refractivity contribution < 1.29 is 39.3 Å². The van der Waals surface area contributed by atoms with Crippen molar-refractivity contribution in [1.82, 2.24) is 10.3 Å². The van der Waals surface area contributed by atoms with Gasteiger partial charge in [-0.05, 0) is 51.4 Å². The van der Waals surface area contributed by atoms with E-state index in [2.05, 4.69) is 10.3 Å². The number of aliphatic hydroxyl groups excluding tert-OH is 1. The molecule has 40 heavy (non-hydrogen) atoms. The SMILES string of the molecule is Cc1nc(C)c(C(=O)O)c(-c2cc([N+](=O)[O-])ccc2OCCCCNC[C@H](O)COc2ccccc2)c1C(=O)O. The van der Waals surface area contributed by atoms with Crippen LogP contribution in [0.25, 0.3) is 11.1 Å². The molecule has 0 aliphatic carbocycles. The predicted molar refractivity (Wildman–Crippen MR) is 145 cm³/mol.